The van der Waals surface area contributed by atoms with Gasteiger partial charge in [0.15, 0.2) is 17.2 Å². The number of fused-ring (bicyclic) bond motifs is 1. The van der Waals surface area contributed by atoms with Gasteiger partial charge in [0.2, 0.25) is 11.9 Å². The van der Waals surface area contributed by atoms with Gasteiger partial charge in [0.25, 0.3) is 5.91 Å². The Morgan fingerprint density at radius 2 is 1.86 bits per heavy atom. The van der Waals surface area contributed by atoms with Crippen LogP contribution < -0.4 is 26.3 Å². The van der Waals surface area contributed by atoms with Crippen molar-refractivity contribution in [3.63, 3.8) is 0 Å². The number of nitrogens with zero attached hydrogens (tertiary/aromatic N) is 3. The van der Waals surface area contributed by atoms with E-state index in [9.17, 15) is 9.59 Å². The molecule has 11 heteroatoms. The maximum absolute atomic E-state index is 13.9. The highest BCUT2D eigenvalue weighted by atomic mass is 35.5. The fourth-order valence-electron chi connectivity index (χ4n) is 3.82. The number of carbonyl (C=O) groups excluding carboxylic acids is 2. The van der Waals surface area contributed by atoms with Crippen molar-refractivity contribution in [2.24, 2.45) is 11.5 Å². The van der Waals surface area contributed by atoms with Crippen LogP contribution in [0.1, 0.15) is 33.2 Å². The third-order valence-electron chi connectivity index (χ3n) is 5.57. The molecule has 36 heavy (non-hydrogen) atoms. The number of hydrogen-bond acceptors (Lipinski definition) is 8. The van der Waals surface area contributed by atoms with Gasteiger partial charge in [0.05, 0.1) is 11.2 Å². The number of ether oxygens (including phenoxy) is 2. The van der Waals surface area contributed by atoms with Crippen molar-refractivity contribution < 1.29 is 19.1 Å². The molecule has 2 amide bonds. The molecule has 1 aliphatic rings. The summed E-state index contributed by atoms with van der Waals surface area (Å²) in [6.45, 7) is 3.60. The summed E-state index contributed by atoms with van der Waals surface area (Å²) in [6.07, 6.45) is 1.33. The van der Waals surface area contributed by atoms with Crippen molar-refractivity contribution in [3.8, 4) is 11.5 Å². The second-order valence-electron chi connectivity index (χ2n) is 8.23. The zero-order valence-corrected chi connectivity index (χ0v) is 20.5. The molecule has 0 bridgehead atoms. The van der Waals surface area contributed by atoms with Crippen LogP contribution >= 0.6 is 11.6 Å². The van der Waals surface area contributed by atoms with E-state index in [2.05, 4.69) is 15.3 Å². The molecule has 5 N–H and O–H groups in total. The van der Waals surface area contributed by atoms with E-state index in [-0.39, 0.29) is 23.2 Å². The smallest absolute Gasteiger partial charge is 0.275 e. The number of hydrogen-bond donors (Lipinski definition) is 3. The van der Waals surface area contributed by atoms with Crippen molar-refractivity contribution in [2.45, 2.75) is 19.5 Å². The number of aryl methyl sites for hydroxylation is 1. The highest BCUT2D eigenvalue weighted by Crippen LogP contribution is 2.35. The molecule has 0 saturated heterocycles. The van der Waals surface area contributed by atoms with Crippen molar-refractivity contribution >= 4 is 29.4 Å². The number of nitrogens with two attached hydrogens (primary N) is 2. The normalized spacial score (nSPS) is 13.1. The second kappa shape index (κ2) is 11.2. The van der Waals surface area contributed by atoms with Gasteiger partial charge >= 0.3 is 0 Å². The van der Waals surface area contributed by atoms with Gasteiger partial charge in [-0.15, -0.1) is 0 Å². The van der Waals surface area contributed by atoms with Crippen LogP contribution in [0.2, 0.25) is 5.02 Å². The molecular weight excluding hydrogens is 484 g/mol. The minimum atomic E-state index is -1.14. The molecule has 3 aromatic rings. The predicted octanol–water partition coefficient (Wildman–Crippen LogP) is 2.45. The largest absolute Gasteiger partial charge is 0.486 e. The summed E-state index contributed by atoms with van der Waals surface area (Å²) in [7, 11) is 0. The van der Waals surface area contributed by atoms with Crippen molar-refractivity contribution in [2.75, 3.05) is 31.6 Å². The molecule has 0 aliphatic carbocycles. The second-order valence-corrected chi connectivity index (χ2v) is 8.64. The first-order chi connectivity index (χ1) is 17.4. The van der Waals surface area contributed by atoms with Crippen LogP contribution in [0, 0.1) is 6.92 Å². The van der Waals surface area contributed by atoms with Crippen molar-refractivity contribution in [1.29, 1.82) is 0 Å². The van der Waals surface area contributed by atoms with Gasteiger partial charge in [-0.2, -0.15) is 0 Å². The quantitative estimate of drug-likeness (QED) is 0.398. The summed E-state index contributed by atoms with van der Waals surface area (Å²) in [5.74, 6) is -0.0881. The van der Waals surface area contributed by atoms with Crippen LogP contribution in [0.15, 0.2) is 48.7 Å². The van der Waals surface area contributed by atoms with Crippen LogP contribution in [0.25, 0.3) is 0 Å². The standard InChI is InChI=1S/C25H27ClN6O4/c1-15-2-4-16(5-3-15)14-32(24(34)21-18(26)13-30-25(31-21)29-9-8-27)22(23(28)33)17-6-7-19-20(12-17)36-11-10-35-19/h2-7,12-13,22H,8-11,14,27H2,1H3,(H2,28,33)(H,29,30,31). The predicted molar refractivity (Wildman–Crippen MR) is 135 cm³/mol. The third kappa shape index (κ3) is 5.67. The summed E-state index contributed by atoms with van der Waals surface area (Å²) in [5, 5.41) is 2.97. The summed E-state index contributed by atoms with van der Waals surface area (Å²) in [4.78, 5) is 36.5. The van der Waals surface area contributed by atoms with Gasteiger partial charge in [0, 0.05) is 19.6 Å². The lowest BCUT2D eigenvalue weighted by molar-refractivity contribution is -0.122. The van der Waals surface area contributed by atoms with E-state index in [1.807, 2.05) is 31.2 Å². The van der Waals surface area contributed by atoms with E-state index >= 15 is 0 Å². The number of primary amides is 1. The maximum Gasteiger partial charge on any atom is 0.275 e. The van der Waals surface area contributed by atoms with Gasteiger partial charge in [0.1, 0.15) is 19.3 Å². The number of nitrogens with one attached hydrogen (secondary N) is 1. The topological polar surface area (TPSA) is 146 Å². The number of anilines is 1. The summed E-state index contributed by atoms with van der Waals surface area (Å²) < 4.78 is 11.3. The lowest BCUT2D eigenvalue weighted by Gasteiger charge is -2.31. The van der Waals surface area contributed by atoms with Crippen molar-refractivity contribution in [1.82, 2.24) is 14.9 Å². The summed E-state index contributed by atoms with van der Waals surface area (Å²) >= 11 is 6.34. The van der Waals surface area contributed by atoms with E-state index in [0.29, 0.717) is 43.4 Å². The lowest BCUT2D eigenvalue weighted by atomic mass is 10.0. The first-order valence-electron chi connectivity index (χ1n) is 11.4. The van der Waals surface area contributed by atoms with Crippen LogP contribution in [-0.4, -0.2) is 53.0 Å². The first kappa shape index (κ1) is 25.2. The number of benzene rings is 2. The molecule has 10 nitrogen and oxygen atoms in total. The molecule has 4 rings (SSSR count). The number of halogens is 1. The minimum Gasteiger partial charge on any atom is -0.486 e. The van der Waals surface area contributed by atoms with Crippen LogP contribution in [-0.2, 0) is 11.3 Å². The third-order valence-corrected chi connectivity index (χ3v) is 5.85. The Bertz CT molecular complexity index is 1250. The molecule has 0 fully saturated rings. The summed E-state index contributed by atoms with van der Waals surface area (Å²) in [5.41, 5.74) is 13.7. The lowest BCUT2D eigenvalue weighted by Crippen LogP contribution is -2.42. The van der Waals surface area contributed by atoms with E-state index in [0.717, 1.165) is 11.1 Å². The Kier molecular flexibility index (Phi) is 7.87. The SMILES string of the molecule is Cc1ccc(CN(C(=O)c2nc(NCCN)ncc2Cl)C(C(N)=O)c2ccc3c(c2)OCCO3)cc1. The molecule has 0 spiro atoms. The number of carbonyl (C=O) groups is 2. The molecule has 2 heterocycles. The molecule has 1 atom stereocenters. The molecule has 188 valence electrons. The van der Waals surface area contributed by atoms with Gasteiger partial charge < -0.3 is 31.2 Å². The highest BCUT2D eigenvalue weighted by Gasteiger charge is 2.33. The molecule has 0 saturated carbocycles. The molecule has 1 unspecified atom stereocenters. The zero-order chi connectivity index (χ0) is 25.7. The van der Waals surface area contributed by atoms with Gasteiger partial charge in [-0.25, -0.2) is 9.97 Å². The van der Waals surface area contributed by atoms with Gasteiger partial charge in [-0.1, -0.05) is 47.5 Å². The number of rotatable bonds is 9. The molecular formula is C25H27ClN6O4. The van der Waals surface area contributed by atoms with Gasteiger partial charge in [-0.05, 0) is 30.2 Å². The van der Waals surface area contributed by atoms with Gasteiger partial charge in [-0.3, -0.25) is 9.59 Å². The van der Waals surface area contributed by atoms with Crippen molar-refractivity contribution in [3.05, 3.63) is 76.1 Å². The fourth-order valence-corrected chi connectivity index (χ4v) is 3.99. The zero-order valence-electron chi connectivity index (χ0n) is 19.7. The molecule has 2 aromatic carbocycles. The number of amides is 2. The molecule has 1 aliphatic heterocycles. The Morgan fingerprint density at radius 3 is 2.56 bits per heavy atom. The minimum absolute atomic E-state index is 0.0394. The average molecular weight is 511 g/mol. The summed E-state index contributed by atoms with van der Waals surface area (Å²) in [6, 6.07) is 11.5. The Morgan fingerprint density at radius 1 is 1.14 bits per heavy atom. The Balaban J connectivity index is 1.77. The van der Waals surface area contributed by atoms with E-state index in [1.54, 1.807) is 18.2 Å². The molecule has 1 aromatic heterocycles. The molecule has 0 radical (unpaired) electrons. The number of aromatic nitrogens is 2. The first-order valence-corrected chi connectivity index (χ1v) is 11.8. The van der Waals surface area contributed by atoms with Crippen LogP contribution in [0.4, 0.5) is 5.95 Å². The maximum atomic E-state index is 13.9. The van der Waals surface area contributed by atoms with Crippen LogP contribution in [0.5, 0.6) is 11.5 Å². The fraction of sp³-hybridized carbons (Fsp3) is 0.280. The van der Waals surface area contributed by atoms with E-state index in [4.69, 9.17) is 32.5 Å². The van der Waals surface area contributed by atoms with Crippen LogP contribution in [0.3, 0.4) is 0 Å². The van der Waals surface area contributed by atoms with E-state index in [1.165, 1.54) is 11.1 Å². The Hall–Kier alpha value is -3.89. The Labute approximate surface area is 213 Å². The monoisotopic (exact) mass is 510 g/mol. The average Bonchev–Trinajstić information content (AvgIpc) is 2.88. The van der Waals surface area contributed by atoms with E-state index < -0.39 is 17.9 Å². The highest BCUT2D eigenvalue weighted by molar-refractivity contribution is 6.33.